The zero-order valence-corrected chi connectivity index (χ0v) is 15.3. The van der Waals surface area contributed by atoms with Crippen LogP contribution in [0.3, 0.4) is 0 Å². The van der Waals surface area contributed by atoms with Crippen LogP contribution in [-0.4, -0.2) is 9.02 Å². The van der Waals surface area contributed by atoms with Crippen molar-refractivity contribution in [3.8, 4) is 0 Å². The van der Waals surface area contributed by atoms with Crippen molar-refractivity contribution in [2.45, 2.75) is 29.4 Å². The summed E-state index contributed by atoms with van der Waals surface area (Å²) in [5.41, 5.74) is 0. The lowest BCUT2D eigenvalue weighted by molar-refractivity contribution is -0.114. The molecule has 0 saturated heterocycles. The molecule has 0 radical (unpaired) electrons. The number of rotatable bonds is 5. The van der Waals surface area contributed by atoms with E-state index in [9.17, 15) is 4.79 Å². The topological polar surface area (TPSA) is 17.1 Å². The van der Waals surface area contributed by atoms with E-state index in [1.165, 1.54) is 0 Å². The van der Waals surface area contributed by atoms with Crippen molar-refractivity contribution in [3.63, 3.8) is 0 Å². The van der Waals surface area contributed by atoms with Gasteiger partial charge in [0.05, 0.1) is 7.87 Å². The third kappa shape index (κ3) is 5.23. The molecule has 0 aromatic rings. The smallest absolute Gasteiger partial charge is 0.198 e. The third-order valence-corrected chi connectivity index (χ3v) is 5.67. The van der Waals surface area contributed by atoms with Crippen molar-refractivity contribution < 1.29 is 4.79 Å². The number of ketones is 1. The van der Waals surface area contributed by atoms with E-state index < -0.39 is 3.23 Å². The molecule has 0 aliphatic rings. The zero-order valence-electron chi connectivity index (χ0n) is 7.42. The molecule has 0 aromatic heterocycles. The van der Waals surface area contributed by atoms with Crippen LogP contribution in [0.1, 0.15) is 26.2 Å². The Morgan fingerprint density at radius 1 is 1.21 bits per heavy atom. The molecule has 0 aromatic carbocycles. The van der Waals surface area contributed by atoms with Crippen molar-refractivity contribution >= 4 is 85.4 Å². The van der Waals surface area contributed by atoms with E-state index in [0.29, 0.717) is 7.87 Å². The molecule has 0 saturated carbocycles. The van der Waals surface area contributed by atoms with Gasteiger partial charge in [-0.25, -0.2) is 0 Å². The van der Waals surface area contributed by atoms with Crippen LogP contribution in [-0.2, 0) is 4.79 Å². The molecule has 0 fully saturated rings. The largest absolute Gasteiger partial charge is 0.291 e. The Kier molecular flexibility index (Phi) is 8.13. The number of hydrogen-bond donors (Lipinski definition) is 0. The second-order valence-electron chi connectivity index (χ2n) is 2.71. The number of alkyl halides is 2. The van der Waals surface area contributed by atoms with Crippen LogP contribution in [0.25, 0.3) is 0 Å². The first-order chi connectivity index (χ1) is 6.33. The SMILES string of the molecule is CCCCC(Br)(Br)C(=O)C(Br)=C(Br)Br. The summed E-state index contributed by atoms with van der Waals surface area (Å²) < 4.78 is 0.443. The summed E-state index contributed by atoms with van der Waals surface area (Å²) in [6, 6.07) is 0. The highest BCUT2D eigenvalue weighted by atomic mass is 79.9. The van der Waals surface area contributed by atoms with Gasteiger partial charge in [0.2, 0.25) is 0 Å². The van der Waals surface area contributed by atoms with Crippen molar-refractivity contribution in [1.82, 2.24) is 0 Å². The molecule has 6 heteroatoms. The maximum Gasteiger partial charge on any atom is 0.198 e. The Morgan fingerprint density at radius 2 is 1.71 bits per heavy atom. The van der Waals surface area contributed by atoms with Gasteiger partial charge in [-0.2, -0.15) is 0 Å². The molecule has 0 unspecified atom stereocenters. The van der Waals surface area contributed by atoms with Gasteiger partial charge in [-0.15, -0.1) is 0 Å². The molecular formula is C8H9Br5O. The Hall–Kier alpha value is 1.81. The highest BCUT2D eigenvalue weighted by Crippen LogP contribution is 2.39. The molecule has 0 spiro atoms. The van der Waals surface area contributed by atoms with Crippen LogP contribution in [0.15, 0.2) is 7.87 Å². The summed E-state index contributed by atoms with van der Waals surface area (Å²) in [5.74, 6) is -0.0327. The van der Waals surface area contributed by atoms with Crippen molar-refractivity contribution in [1.29, 1.82) is 0 Å². The number of halogens is 5. The Labute approximate surface area is 126 Å². The lowest BCUT2D eigenvalue weighted by Crippen LogP contribution is -2.24. The van der Waals surface area contributed by atoms with Crippen LogP contribution in [0.4, 0.5) is 0 Å². The van der Waals surface area contributed by atoms with Gasteiger partial charge in [-0.05, 0) is 54.2 Å². The minimum atomic E-state index is -0.665. The predicted octanol–water partition coefficient (Wildman–Crippen LogP) is 5.59. The molecule has 0 aliphatic carbocycles. The number of Topliss-reactive ketones (excluding diaryl/α,β-unsaturated/α-hetero) is 1. The van der Waals surface area contributed by atoms with Gasteiger partial charge in [0, 0.05) is 0 Å². The monoisotopic (exact) mass is 516 g/mol. The lowest BCUT2D eigenvalue weighted by atomic mass is 10.1. The summed E-state index contributed by atoms with van der Waals surface area (Å²) in [4.78, 5) is 11.9. The second-order valence-corrected chi connectivity index (χ2v) is 9.93. The molecule has 0 rings (SSSR count). The fraction of sp³-hybridized carbons (Fsp3) is 0.625. The van der Waals surface area contributed by atoms with Gasteiger partial charge in [-0.1, -0.05) is 51.6 Å². The van der Waals surface area contributed by atoms with Gasteiger partial charge < -0.3 is 0 Å². The fourth-order valence-electron chi connectivity index (χ4n) is 0.759. The van der Waals surface area contributed by atoms with Crippen molar-refractivity contribution in [3.05, 3.63) is 7.87 Å². The van der Waals surface area contributed by atoms with E-state index in [-0.39, 0.29) is 5.78 Å². The molecule has 0 atom stereocenters. The summed E-state index contributed by atoms with van der Waals surface area (Å²) >= 11 is 16.3. The van der Waals surface area contributed by atoms with E-state index in [1.54, 1.807) is 0 Å². The molecule has 1 nitrogen and oxygen atoms in total. The van der Waals surface area contributed by atoms with Crippen LogP contribution in [0.2, 0.25) is 0 Å². The summed E-state index contributed by atoms with van der Waals surface area (Å²) in [6.45, 7) is 2.09. The van der Waals surface area contributed by atoms with Gasteiger partial charge in [0.1, 0.15) is 3.23 Å². The van der Waals surface area contributed by atoms with Crippen LogP contribution in [0.5, 0.6) is 0 Å². The third-order valence-electron chi connectivity index (χ3n) is 1.54. The highest BCUT2D eigenvalue weighted by Gasteiger charge is 2.33. The fourth-order valence-corrected chi connectivity index (χ4v) is 2.95. The van der Waals surface area contributed by atoms with Crippen LogP contribution < -0.4 is 0 Å². The first-order valence-electron chi connectivity index (χ1n) is 3.96. The first-order valence-corrected chi connectivity index (χ1v) is 7.92. The van der Waals surface area contributed by atoms with Gasteiger partial charge >= 0.3 is 0 Å². The zero-order chi connectivity index (χ0) is 11.4. The van der Waals surface area contributed by atoms with Gasteiger partial charge in [0.15, 0.2) is 5.78 Å². The number of allylic oxidation sites excluding steroid dienone is 1. The molecule has 0 bridgehead atoms. The quantitative estimate of drug-likeness (QED) is 0.341. The molecule has 0 N–H and O–H groups in total. The van der Waals surface area contributed by atoms with E-state index in [4.69, 9.17) is 0 Å². The van der Waals surface area contributed by atoms with E-state index >= 15 is 0 Å². The Bertz CT molecular complexity index is 242. The maximum absolute atomic E-state index is 11.9. The minimum absolute atomic E-state index is 0.0327. The van der Waals surface area contributed by atoms with E-state index in [1.807, 2.05) is 0 Å². The van der Waals surface area contributed by atoms with Gasteiger partial charge in [0.25, 0.3) is 0 Å². The summed E-state index contributed by atoms with van der Waals surface area (Å²) in [5, 5.41) is 0. The first kappa shape index (κ1) is 15.8. The molecule has 0 amide bonds. The average molecular weight is 521 g/mol. The molecule has 14 heavy (non-hydrogen) atoms. The number of carbonyl (C=O) groups is 1. The van der Waals surface area contributed by atoms with Crippen molar-refractivity contribution in [2.24, 2.45) is 0 Å². The summed E-state index contributed by atoms with van der Waals surface area (Å²) in [7, 11) is 0. The number of hydrogen-bond acceptors (Lipinski definition) is 1. The molecule has 0 heterocycles. The second kappa shape index (κ2) is 7.20. The van der Waals surface area contributed by atoms with Crippen LogP contribution in [0, 0.1) is 0 Å². The summed E-state index contributed by atoms with van der Waals surface area (Å²) in [6.07, 6.45) is 2.80. The average Bonchev–Trinajstić information content (AvgIpc) is 2.12. The number of carbonyl (C=O) groups excluding carboxylic acids is 1. The van der Waals surface area contributed by atoms with E-state index in [0.717, 1.165) is 19.3 Å². The van der Waals surface area contributed by atoms with Crippen LogP contribution >= 0.6 is 79.6 Å². The minimum Gasteiger partial charge on any atom is -0.291 e. The Morgan fingerprint density at radius 3 is 2.07 bits per heavy atom. The Balaban J connectivity index is 4.59. The predicted molar refractivity (Wildman–Crippen MR) is 78.9 cm³/mol. The molecule has 82 valence electrons. The molecule has 0 aliphatic heterocycles. The lowest BCUT2D eigenvalue weighted by Gasteiger charge is -2.18. The number of unbranched alkanes of at least 4 members (excludes halogenated alkanes) is 1. The normalized spacial score (nSPS) is 11.3. The standard InChI is InChI=1S/C8H9Br5O/c1-2-3-4-8(12,13)6(14)5(9)7(10)11/h2-4H2,1H3. The van der Waals surface area contributed by atoms with Gasteiger partial charge in [-0.3, -0.25) is 4.79 Å². The molecular weight excluding hydrogens is 512 g/mol. The maximum atomic E-state index is 11.9. The van der Waals surface area contributed by atoms with E-state index in [2.05, 4.69) is 86.6 Å². The highest BCUT2D eigenvalue weighted by molar-refractivity contribution is 9.29. The van der Waals surface area contributed by atoms with Crippen molar-refractivity contribution in [2.75, 3.05) is 0 Å².